The molecule has 0 aliphatic heterocycles. The van der Waals surface area contributed by atoms with Gasteiger partial charge in [-0.05, 0) is 12.5 Å². The van der Waals surface area contributed by atoms with Crippen molar-refractivity contribution in [3.05, 3.63) is 53.9 Å². The molecule has 0 saturated carbocycles. The van der Waals surface area contributed by atoms with E-state index in [1.807, 2.05) is 30.3 Å². The van der Waals surface area contributed by atoms with Crippen LogP contribution in [-0.4, -0.2) is 27.9 Å². The van der Waals surface area contributed by atoms with Gasteiger partial charge in [0.2, 0.25) is 5.91 Å². The number of carbonyl (C=O) groups excluding carboxylic acids is 2. The van der Waals surface area contributed by atoms with Gasteiger partial charge in [0, 0.05) is 12.3 Å². The molecule has 0 spiro atoms. The van der Waals surface area contributed by atoms with Crippen molar-refractivity contribution in [2.45, 2.75) is 19.6 Å². The van der Waals surface area contributed by atoms with Gasteiger partial charge in [-0.25, -0.2) is 4.98 Å². The Morgan fingerprint density at radius 1 is 1.30 bits per heavy atom. The van der Waals surface area contributed by atoms with Gasteiger partial charge in [0.15, 0.2) is 17.2 Å². The smallest absolute Gasteiger partial charge is 0.280 e. The van der Waals surface area contributed by atoms with Crippen LogP contribution in [0.25, 0.3) is 0 Å². The van der Waals surface area contributed by atoms with Gasteiger partial charge < -0.3 is 15.6 Å². The summed E-state index contributed by atoms with van der Waals surface area (Å²) in [7, 11) is 0. The van der Waals surface area contributed by atoms with Gasteiger partial charge in [-0.2, -0.15) is 0 Å². The number of nitrogens with two attached hydrogens (primary N) is 1. The summed E-state index contributed by atoms with van der Waals surface area (Å²) < 4.78 is 5.49. The maximum Gasteiger partial charge on any atom is 0.280 e. The van der Waals surface area contributed by atoms with E-state index >= 15 is 0 Å². The molecule has 1 heterocycles. The van der Waals surface area contributed by atoms with Gasteiger partial charge in [-0.15, -0.1) is 0 Å². The number of hydrogen-bond donors (Lipinski definition) is 3. The molecule has 0 unspecified atom stereocenters. The quantitative estimate of drug-likeness (QED) is 0.757. The van der Waals surface area contributed by atoms with Crippen molar-refractivity contribution in [2.75, 3.05) is 0 Å². The first-order chi connectivity index (χ1) is 11.0. The molecule has 2 rings (SSSR count). The molecule has 2 aromatic rings. The second-order valence-electron chi connectivity index (χ2n) is 4.89. The first-order valence-electron chi connectivity index (χ1n) is 6.94. The van der Waals surface area contributed by atoms with Gasteiger partial charge in [-0.1, -0.05) is 30.3 Å². The van der Waals surface area contributed by atoms with Crippen LogP contribution in [0.2, 0.25) is 0 Å². The lowest BCUT2D eigenvalue weighted by Crippen LogP contribution is -2.41. The number of aromatic hydroxyl groups is 1. The Kier molecular flexibility index (Phi) is 5.27. The zero-order valence-corrected chi connectivity index (χ0v) is 12.5. The standard InChI is InChI=1S/C16H17N3O4/c1-10(17)15(21)19-16(22)13-14(20)12(7-8-18-13)23-9-11-5-3-2-4-6-11/h2-8,10,20H,9,17H2,1H3,(H,19,21,22)/t10-/m0/s1. The molecule has 0 radical (unpaired) electrons. The Morgan fingerprint density at radius 2 is 2.00 bits per heavy atom. The topological polar surface area (TPSA) is 115 Å². The molecular formula is C16H17N3O4. The lowest BCUT2D eigenvalue weighted by Gasteiger charge is -2.11. The minimum Gasteiger partial charge on any atom is -0.503 e. The third-order valence-electron chi connectivity index (χ3n) is 2.99. The van der Waals surface area contributed by atoms with E-state index < -0.39 is 23.6 Å². The van der Waals surface area contributed by atoms with Crippen LogP contribution in [-0.2, 0) is 11.4 Å². The lowest BCUT2D eigenvalue weighted by molar-refractivity contribution is -0.121. The fraction of sp³-hybridized carbons (Fsp3) is 0.188. The van der Waals surface area contributed by atoms with Crippen molar-refractivity contribution >= 4 is 11.8 Å². The van der Waals surface area contributed by atoms with E-state index in [2.05, 4.69) is 10.3 Å². The first kappa shape index (κ1) is 16.4. The van der Waals surface area contributed by atoms with E-state index in [1.165, 1.54) is 19.2 Å². The predicted octanol–water partition coefficient (Wildman–Crippen LogP) is 0.970. The van der Waals surface area contributed by atoms with Crippen LogP contribution < -0.4 is 15.8 Å². The number of hydrogen-bond acceptors (Lipinski definition) is 6. The van der Waals surface area contributed by atoms with Crippen LogP contribution in [0, 0.1) is 0 Å². The number of carbonyl (C=O) groups is 2. The largest absolute Gasteiger partial charge is 0.503 e. The molecule has 1 atom stereocenters. The van der Waals surface area contributed by atoms with E-state index in [0.29, 0.717) is 0 Å². The second-order valence-corrected chi connectivity index (χ2v) is 4.89. The van der Waals surface area contributed by atoms with Crippen LogP contribution in [0.1, 0.15) is 23.0 Å². The molecule has 0 bridgehead atoms. The molecule has 23 heavy (non-hydrogen) atoms. The first-order valence-corrected chi connectivity index (χ1v) is 6.94. The highest BCUT2D eigenvalue weighted by atomic mass is 16.5. The third kappa shape index (κ3) is 4.27. The zero-order chi connectivity index (χ0) is 16.8. The van der Waals surface area contributed by atoms with Crippen molar-refractivity contribution in [1.82, 2.24) is 10.3 Å². The van der Waals surface area contributed by atoms with E-state index in [0.717, 1.165) is 5.56 Å². The number of aromatic nitrogens is 1. The zero-order valence-electron chi connectivity index (χ0n) is 12.5. The number of nitrogens with one attached hydrogen (secondary N) is 1. The Bertz CT molecular complexity index is 702. The lowest BCUT2D eigenvalue weighted by atomic mass is 10.2. The average molecular weight is 315 g/mol. The number of imide groups is 1. The summed E-state index contributed by atoms with van der Waals surface area (Å²) in [6.45, 7) is 1.66. The van der Waals surface area contributed by atoms with E-state index in [1.54, 1.807) is 0 Å². The number of ether oxygens (including phenoxy) is 1. The van der Waals surface area contributed by atoms with E-state index in [9.17, 15) is 14.7 Å². The summed E-state index contributed by atoms with van der Waals surface area (Å²) in [5.41, 5.74) is 5.97. The Balaban J connectivity index is 2.11. The Hall–Kier alpha value is -2.93. The van der Waals surface area contributed by atoms with Crippen LogP contribution in [0.5, 0.6) is 11.5 Å². The van der Waals surface area contributed by atoms with Gasteiger partial charge in [0.05, 0.1) is 6.04 Å². The van der Waals surface area contributed by atoms with Crippen molar-refractivity contribution in [1.29, 1.82) is 0 Å². The van der Waals surface area contributed by atoms with Crippen LogP contribution >= 0.6 is 0 Å². The van der Waals surface area contributed by atoms with Gasteiger partial charge in [0.25, 0.3) is 5.91 Å². The molecular weight excluding hydrogens is 298 g/mol. The molecule has 0 aliphatic carbocycles. The molecule has 0 aliphatic rings. The van der Waals surface area contributed by atoms with Crippen LogP contribution in [0.4, 0.5) is 0 Å². The van der Waals surface area contributed by atoms with Crippen molar-refractivity contribution in [2.24, 2.45) is 5.73 Å². The number of amides is 2. The monoisotopic (exact) mass is 315 g/mol. The normalized spacial score (nSPS) is 11.6. The number of rotatable bonds is 5. The number of nitrogens with zero attached hydrogens (tertiary/aromatic N) is 1. The van der Waals surface area contributed by atoms with E-state index in [4.69, 9.17) is 10.5 Å². The molecule has 1 aromatic carbocycles. The minimum absolute atomic E-state index is 0.0993. The summed E-state index contributed by atoms with van der Waals surface area (Å²) in [5.74, 6) is -1.83. The molecule has 120 valence electrons. The maximum atomic E-state index is 11.9. The van der Waals surface area contributed by atoms with Crippen LogP contribution in [0.3, 0.4) is 0 Å². The van der Waals surface area contributed by atoms with Gasteiger partial charge >= 0.3 is 0 Å². The Morgan fingerprint density at radius 3 is 2.65 bits per heavy atom. The number of benzene rings is 1. The third-order valence-corrected chi connectivity index (χ3v) is 2.99. The molecule has 4 N–H and O–H groups in total. The summed E-state index contributed by atoms with van der Waals surface area (Å²) in [6.07, 6.45) is 1.31. The summed E-state index contributed by atoms with van der Waals surface area (Å²) in [5, 5.41) is 12.2. The fourth-order valence-corrected chi connectivity index (χ4v) is 1.74. The van der Waals surface area contributed by atoms with E-state index in [-0.39, 0.29) is 18.1 Å². The molecule has 7 nitrogen and oxygen atoms in total. The second kappa shape index (κ2) is 7.37. The van der Waals surface area contributed by atoms with Crippen molar-refractivity contribution in [3.8, 4) is 11.5 Å². The van der Waals surface area contributed by atoms with Crippen molar-refractivity contribution < 1.29 is 19.4 Å². The van der Waals surface area contributed by atoms with Crippen molar-refractivity contribution in [3.63, 3.8) is 0 Å². The summed E-state index contributed by atoms with van der Waals surface area (Å²) >= 11 is 0. The highest BCUT2D eigenvalue weighted by Gasteiger charge is 2.20. The SMILES string of the molecule is C[C@H](N)C(=O)NC(=O)c1nccc(OCc2ccccc2)c1O. The van der Waals surface area contributed by atoms with Crippen LogP contribution in [0.15, 0.2) is 42.6 Å². The molecule has 1 aromatic heterocycles. The molecule has 0 saturated heterocycles. The highest BCUT2D eigenvalue weighted by Crippen LogP contribution is 2.28. The summed E-state index contributed by atoms with van der Waals surface area (Å²) in [6, 6.07) is 9.93. The Labute approximate surface area is 133 Å². The summed E-state index contributed by atoms with van der Waals surface area (Å²) in [4.78, 5) is 27.1. The molecule has 0 fully saturated rings. The average Bonchev–Trinajstić information content (AvgIpc) is 2.54. The molecule has 2 amide bonds. The maximum absolute atomic E-state index is 11.9. The number of pyridine rings is 1. The fourth-order valence-electron chi connectivity index (χ4n) is 1.74. The molecule has 7 heteroatoms. The minimum atomic E-state index is -0.849. The predicted molar refractivity (Wildman–Crippen MR) is 82.8 cm³/mol. The van der Waals surface area contributed by atoms with Gasteiger partial charge in [0.1, 0.15) is 6.61 Å². The highest BCUT2D eigenvalue weighted by molar-refractivity contribution is 6.06. The van der Waals surface area contributed by atoms with Gasteiger partial charge in [-0.3, -0.25) is 14.9 Å².